The number of phenols is 1. The van der Waals surface area contributed by atoms with Gasteiger partial charge in [0.05, 0.1) is 0 Å². The first-order valence-electron chi connectivity index (χ1n) is 5.79. The first-order valence-corrected chi connectivity index (χ1v) is 5.79. The van der Waals surface area contributed by atoms with Gasteiger partial charge in [0.25, 0.3) is 0 Å². The molecule has 0 saturated heterocycles. The van der Waals surface area contributed by atoms with Crippen LogP contribution in [0.3, 0.4) is 0 Å². The standard InChI is InChI=1S/C13H17NO5/c1-8(7-19-2)5-12(16)14-9-3-4-10(13(17)18)11(15)6-9/h3-4,6,8,15H,5,7H2,1-2H3,(H,14,16)(H,17,18). The van der Waals surface area contributed by atoms with Crippen LogP contribution in [0.1, 0.15) is 23.7 Å². The summed E-state index contributed by atoms with van der Waals surface area (Å²) in [5.41, 5.74) is 0.155. The van der Waals surface area contributed by atoms with E-state index in [1.54, 1.807) is 7.11 Å². The molecule has 6 heteroatoms. The van der Waals surface area contributed by atoms with Gasteiger partial charge < -0.3 is 20.3 Å². The number of hydrogen-bond donors (Lipinski definition) is 3. The van der Waals surface area contributed by atoms with Crippen LogP contribution in [-0.4, -0.2) is 35.8 Å². The highest BCUT2D eigenvalue weighted by molar-refractivity contribution is 5.94. The molecule has 0 heterocycles. The molecule has 0 radical (unpaired) electrons. The Morgan fingerprint density at radius 1 is 1.42 bits per heavy atom. The zero-order valence-electron chi connectivity index (χ0n) is 10.8. The van der Waals surface area contributed by atoms with Crippen molar-refractivity contribution in [2.45, 2.75) is 13.3 Å². The molecule has 0 fully saturated rings. The number of benzene rings is 1. The molecule has 19 heavy (non-hydrogen) atoms. The summed E-state index contributed by atoms with van der Waals surface area (Å²) in [6, 6.07) is 3.89. The van der Waals surface area contributed by atoms with Crippen LogP contribution in [0.15, 0.2) is 18.2 Å². The number of rotatable bonds is 6. The van der Waals surface area contributed by atoms with Crippen molar-refractivity contribution in [3.63, 3.8) is 0 Å². The number of aromatic hydroxyl groups is 1. The first kappa shape index (κ1) is 15.0. The summed E-state index contributed by atoms with van der Waals surface area (Å²) in [6.45, 7) is 2.37. The van der Waals surface area contributed by atoms with Crippen LogP contribution >= 0.6 is 0 Å². The Bertz CT molecular complexity index is 472. The van der Waals surface area contributed by atoms with Crippen molar-refractivity contribution in [1.82, 2.24) is 0 Å². The molecule has 1 aromatic carbocycles. The van der Waals surface area contributed by atoms with Crippen molar-refractivity contribution in [2.75, 3.05) is 19.0 Å². The number of methoxy groups -OCH3 is 1. The van der Waals surface area contributed by atoms with E-state index in [-0.39, 0.29) is 29.6 Å². The highest BCUT2D eigenvalue weighted by atomic mass is 16.5. The SMILES string of the molecule is COCC(C)CC(=O)Nc1ccc(C(=O)O)c(O)c1. The number of carboxylic acid groups (broad SMARTS) is 1. The number of nitrogens with one attached hydrogen (secondary N) is 1. The fraction of sp³-hybridized carbons (Fsp3) is 0.385. The van der Waals surface area contributed by atoms with Crippen LogP contribution in [0.25, 0.3) is 0 Å². The van der Waals surface area contributed by atoms with Crippen LogP contribution in [0.5, 0.6) is 5.75 Å². The molecule has 1 rings (SSSR count). The molecule has 0 spiro atoms. The molecular formula is C13H17NO5. The number of ether oxygens (including phenoxy) is 1. The number of carbonyl (C=O) groups is 2. The summed E-state index contributed by atoms with van der Waals surface area (Å²) in [5.74, 6) is -1.73. The number of anilines is 1. The largest absolute Gasteiger partial charge is 0.507 e. The molecule has 104 valence electrons. The Labute approximate surface area is 111 Å². The zero-order valence-corrected chi connectivity index (χ0v) is 10.8. The summed E-state index contributed by atoms with van der Waals surface area (Å²) in [4.78, 5) is 22.4. The molecule has 1 aromatic rings. The van der Waals surface area contributed by atoms with Crippen LogP contribution < -0.4 is 5.32 Å². The Hall–Kier alpha value is -2.08. The predicted molar refractivity (Wildman–Crippen MR) is 69.4 cm³/mol. The third kappa shape index (κ3) is 4.59. The normalized spacial score (nSPS) is 11.9. The van der Waals surface area contributed by atoms with Crippen molar-refractivity contribution >= 4 is 17.6 Å². The summed E-state index contributed by atoms with van der Waals surface area (Å²) in [5, 5.41) is 20.8. The molecule has 1 amide bonds. The fourth-order valence-corrected chi connectivity index (χ4v) is 1.66. The van der Waals surface area contributed by atoms with Gasteiger partial charge in [0.1, 0.15) is 11.3 Å². The second kappa shape index (κ2) is 6.75. The summed E-state index contributed by atoms with van der Waals surface area (Å²) in [6.07, 6.45) is 0.287. The van der Waals surface area contributed by atoms with E-state index in [0.29, 0.717) is 12.3 Å². The minimum atomic E-state index is -1.22. The molecule has 6 nitrogen and oxygen atoms in total. The minimum Gasteiger partial charge on any atom is -0.507 e. The summed E-state index contributed by atoms with van der Waals surface area (Å²) < 4.78 is 4.93. The maximum Gasteiger partial charge on any atom is 0.339 e. The lowest BCUT2D eigenvalue weighted by Gasteiger charge is -2.11. The predicted octanol–water partition coefficient (Wildman–Crippen LogP) is 1.70. The highest BCUT2D eigenvalue weighted by Gasteiger charge is 2.12. The summed E-state index contributed by atoms with van der Waals surface area (Å²) in [7, 11) is 1.57. The molecule has 0 bridgehead atoms. The number of hydrogen-bond acceptors (Lipinski definition) is 4. The molecule has 0 aliphatic carbocycles. The molecule has 1 atom stereocenters. The Morgan fingerprint density at radius 2 is 2.11 bits per heavy atom. The molecule has 1 unspecified atom stereocenters. The van der Waals surface area contributed by atoms with Crippen molar-refractivity contribution in [1.29, 1.82) is 0 Å². The van der Waals surface area contributed by atoms with E-state index in [1.165, 1.54) is 18.2 Å². The van der Waals surface area contributed by atoms with Gasteiger partial charge in [-0.3, -0.25) is 4.79 Å². The first-order chi connectivity index (χ1) is 8.93. The van der Waals surface area contributed by atoms with Crippen LogP contribution in [0.4, 0.5) is 5.69 Å². The zero-order chi connectivity index (χ0) is 14.4. The van der Waals surface area contributed by atoms with Crippen molar-refractivity contribution < 1.29 is 24.5 Å². The van der Waals surface area contributed by atoms with Gasteiger partial charge in [-0.25, -0.2) is 4.79 Å². The van der Waals surface area contributed by atoms with E-state index in [2.05, 4.69) is 5.32 Å². The number of carbonyl (C=O) groups excluding carboxylic acids is 1. The van der Waals surface area contributed by atoms with Gasteiger partial charge in [-0.1, -0.05) is 6.92 Å². The minimum absolute atomic E-state index is 0.0805. The smallest absolute Gasteiger partial charge is 0.339 e. The van der Waals surface area contributed by atoms with E-state index < -0.39 is 5.97 Å². The van der Waals surface area contributed by atoms with Crippen LogP contribution in [-0.2, 0) is 9.53 Å². The van der Waals surface area contributed by atoms with Crippen LogP contribution in [0, 0.1) is 5.92 Å². The monoisotopic (exact) mass is 267 g/mol. The molecule has 0 aliphatic rings. The average Bonchev–Trinajstić information content (AvgIpc) is 2.28. The quantitative estimate of drug-likeness (QED) is 0.729. The lowest BCUT2D eigenvalue weighted by molar-refractivity contribution is -0.117. The maximum absolute atomic E-state index is 11.7. The molecule has 0 saturated carbocycles. The third-order valence-corrected chi connectivity index (χ3v) is 2.50. The van der Waals surface area contributed by atoms with Crippen LogP contribution in [0.2, 0.25) is 0 Å². The van der Waals surface area contributed by atoms with Gasteiger partial charge >= 0.3 is 5.97 Å². The average molecular weight is 267 g/mol. The lowest BCUT2D eigenvalue weighted by atomic mass is 10.1. The highest BCUT2D eigenvalue weighted by Crippen LogP contribution is 2.22. The van der Waals surface area contributed by atoms with Gasteiger partial charge in [0.15, 0.2) is 0 Å². The second-order valence-electron chi connectivity index (χ2n) is 4.35. The van der Waals surface area contributed by atoms with Crippen molar-refractivity contribution in [2.24, 2.45) is 5.92 Å². The Morgan fingerprint density at radius 3 is 2.63 bits per heavy atom. The third-order valence-electron chi connectivity index (χ3n) is 2.50. The summed E-state index contributed by atoms with van der Waals surface area (Å²) >= 11 is 0. The van der Waals surface area contributed by atoms with E-state index in [0.717, 1.165) is 0 Å². The van der Waals surface area contributed by atoms with Gasteiger partial charge in [0, 0.05) is 31.9 Å². The lowest BCUT2D eigenvalue weighted by Crippen LogP contribution is -2.17. The van der Waals surface area contributed by atoms with Crippen molar-refractivity contribution in [3.05, 3.63) is 23.8 Å². The molecule has 0 aromatic heterocycles. The Balaban J connectivity index is 2.65. The van der Waals surface area contributed by atoms with Crippen molar-refractivity contribution in [3.8, 4) is 5.75 Å². The topological polar surface area (TPSA) is 95.9 Å². The van der Waals surface area contributed by atoms with E-state index in [9.17, 15) is 14.7 Å². The molecule has 3 N–H and O–H groups in total. The number of aromatic carboxylic acids is 1. The van der Waals surface area contributed by atoms with Gasteiger partial charge in [-0.15, -0.1) is 0 Å². The number of amides is 1. The van der Waals surface area contributed by atoms with E-state index in [4.69, 9.17) is 9.84 Å². The fourth-order valence-electron chi connectivity index (χ4n) is 1.66. The Kier molecular flexibility index (Phi) is 5.32. The second-order valence-corrected chi connectivity index (χ2v) is 4.35. The van der Waals surface area contributed by atoms with Gasteiger partial charge in [0.2, 0.25) is 5.91 Å². The number of carboxylic acids is 1. The maximum atomic E-state index is 11.7. The van der Waals surface area contributed by atoms with E-state index in [1.807, 2.05) is 6.92 Å². The van der Waals surface area contributed by atoms with Gasteiger partial charge in [-0.2, -0.15) is 0 Å². The molecular weight excluding hydrogens is 250 g/mol. The molecule has 0 aliphatic heterocycles. The van der Waals surface area contributed by atoms with Gasteiger partial charge in [-0.05, 0) is 18.1 Å². The van der Waals surface area contributed by atoms with E-state index >= 15 is 0 Å².